The third kappa shape index (κ3) is 4.42. The number of rotatable bonds is 6. The molecule has 0 aliphatic carbocycles. The monoisotopic (exact) mass is 263 g/mol. The molecule has 0 N–H and O–H groups in total. The van der Waals surface area contributed by atoms with Crippen molar-refractivity contribution in [2.24, 2.45) is 0 Å². The van der Waals surface area contributed by atoms with Gasteiger partial charge in [-0.15, -0.1) is 11.8 Å². The SMILES string of the molecule is CCOC(=O)C(CC)SCc1ccc(C#N)cc1. The van der Waals surface area contributed by atoms with Crippen molar-refractivity contribution in [1.82, 2.24) is 0 Å². The highest BCUT2D eigenvalue weighted by molar-refractivity contribution is 7.99. The van der Waals surface area contributed by atoms with Gasteiger partial charge in [-0.1, -0.05) is 19.1 Å². The van der Waals surface area contributed by atoms with Crippen LogP contribution < -0.4 is 0 Å². The highest BCUT2D eigenvalue weighted by Gasteiger charge is 2.17. The summed E-state index contributed by atoms with van der Waals surface area (Å²) in [6.07, 6.45) is 0.764. The van der Waals surface area contributed by atoms with Crippen LogP contribution in [0.3, 0.4) is 0 Å². The first-order chi connectivity index (χ1) is 8.71. The zero-order valence-corrected chi connectivity index (χ0v) is 11.5. The first kappa shape index (κ1) is 14.6. The molecular weight excluding hydrogens is 246 g/mol. The van der Waals surface area contributed by atoms with E-state index in [4.69, 9.17) is 10.00 Å². The van der Waals surface area contributed by atoms with Gasteiger partial charge in [-0.2, -0.15) is 5.26 Å². The fourth-order valence-electron chi connectivity index (χ4n) is 1.46. The summed E-state index contributed by atoms with van der Waals surface area (Å²) in [5, 5.41) is 8.59. The van der Waals surface area contributed by atoms with Gasteiger partial charge >= 0.3 is 5.97 Å². The Morgan fingerprint density at radius 3 is 2.56 bits per heavy atom. The van der Waals surface area contributed by atoms with Gasteiger partial charge in [-0.25, -0.2) is 0 Å². The quantitative estimate of drug-likeness (QED) is 0.740. The van der Waals surface area contributed by atoms with E-state index in [2.05, 4.69) is 6.07 Å². The Labute approximate surface area is 112 Å². The van der Waals surface area contributed by atoms with Gasteiger partial charge in [0.05, 0.1) is 18.2 Å². The minimum Gasteiger partial charge on any atom is -0.465 e. The standard InChI is InChI=1S/C14H17NO2S/c1-3-13(14(16)17-4-2)18-10-12-7-5-11(9-15)6-8-12/h5-8,13H,3-4,10H2,1-2H3. The number of nitriles is 1. The molecule has 0 saturated heterocycles. The van der Waals surface area contributed by atoms with Crippen LogP contribution in [0, 0.1) is 11.3 Å². The first-order valence-electron chi connectivity index (χ1n) is 5.98. The van der Waals surface area contributed by atoms with Crippen LogP contribution in [0.4, 0.5) is 0 Å². The molecule has 18 heavy (non-hydrogen) atoms. The Morgan fingerprint density at radius 1 is 1.39 bits per heavy atom. The molecule has 0 aliphatic heterocycles. The summed E-state index contributed by atoms with van der Waals surface area (Å²) < 4.78 is 5.02. The van der Waals surface area contributed by atoms with Crippen molar-refractivity contribution >= 4 is 17.7 Å². The fourth-order valence-corrected chi connectivity index (χ4v) is 2.49. The molecule has 1 aromatic carbocycles. The third-order valence-electron chi connectivity index (χ3n) is 2.45. The summed E-state index contributed by atoms with van der Waals surface area (Å²) in [4.78, 5) is 11.6. The van der Waals surface area contributed by atoms with Gasteiger partial charge in [-0.3, -0.25) is 4.79 Å². The van der Waals surface area contributed by atoms with E-state index in [-0.39, 0.29) is 11.2 Å². The topological polar surface area (TPSA) is 50.1 Å². The number of benzene rings is 1. The lowest BCUT2D eigenvalue weighted by Gasteiger charge is -2.12. The smallest absolute Gasteiger partial charge is 0.319 e. The van der Waals surface area contributed by atoms with Crippen LogP contribution >= 0.6 is 11.8 Å². The van der Waals surface area contributed by atoms with Crippen LogP contribution in [-0.4, -0.2) is 17.8 Å². The van der Waals surface area contributed by atoms with Gasteiger partial charge in [0.2, 0.25) is 0 Å². The number of nitrogens with zero attached hydrogens (tertiary/aromatic N) is 1. The number of esters is 1. The molecule has 0 spiro atoms. The molecule has 96 valence electrons. The maximum atomic E-state index is 11.6. The van der Waals surface area contributed by atoms with Crippen LogP contribution in [0.25, 0.3) is 0 Å². The van der Waals surface area contributed by atoms with E-state index in [1.807, 2.05) is 26.0 Å². The van der Waals surface area contributed by atoms with E-state index in [9.17, 15) is 4.79 Å². The highest BCUT2D eigenvalue weighted by Crippen LogP contribution is 2.21. The molecule has 1 aromatic rings. The Morgan fingerprint density at radius 2 is 2.06 bits per heavy atom. The van der Waals surface area contributed by atoms with Crippen molar-refractivity contribution < 1.29 is 9.53 Å². The Hall–Kier alpha value is -1.47. The number of hydrogen-bond acceptors (Lipinski definition) is 4. The van der Waals surface area contributed by atoms with E-state index in [1.165, 1.54) is 0 Å². The van der Waals surface area contributed by atoms with Crippen LogP contribution in [0.15, 0.2) is 24.3 Å². The van der Waals surface area contributed by atoms with E-state index in [0.717, 1.165) is 17.7 Å². The lowest BCUT2D eigenvalue weighted by molar-refractivity contribution is -0.142. The van der Waals surface area contributed by atoms with Crippen molar-refractivity contribution in [2.45, 2.75) is 31.3 Å². The van der Waals surface area contributed by atoms with Crippen LogP contribution in [-0.2, 0) is 15.3 Å². The second-order valence-corrected chi connectivity index (χ2v) is 4.96. The molecule has 0 bridgehead atoms. The normalized spacial score (nSPS) is 11.6. The summed E-state index contributed by atoms with van der Waals surface area (Å²) in [6, 6.07) is 9.51. The third-order valence-corrected chi connectivity index (χ3v) is 3.88. The molecule has 1 unspecified atom stereocenters. The van der Waals surface area contributed by atoms with Gasteiger partial charge in [-0.05, 0) is 31.0 Å². The maximum absolute atomic E-state index is 11.6. The zero-order chi connectivity index (χ0) is 13.4. The predicted molar refractivity (Wildman–Crippen MR) is 73.2 cm³/mol. The minimum absolute atomic E-state index is 0.111. The first-order valence-corrected chi connectivity index (χ1v) is 7.03. The summed E-state index contributed by atoms with van der Waals surface area (Å²) in [5.41, 5.74) is 1.77. The van der Waals surface area contributed by atoms with Gasteiger partial charge < -0.3 is 4.74 Å². The minimum atomic E-state index is -0.140. The van der Waals surface area contributed by atoms with Crippen molar-refractivity contribution in [3.8, 4) is 6.07 Å². The average Bonchev–Trinajstić information content (AvgIpc) is 2.40. The zero-order valence-electron chi connectivity index (χ0n) is 10.7. The largest absolute Gasteiger partial charge is 0.465 e. The van der Waals surface area contributed by atoms with Gasteiger partial charge in [0, 0.05) is 5.75 Å². The van der Waals surface area contributed by atoms with Gasteiger partial charge in [0.25, 0.3) is 0 Å². The number of carbonyl (C=O) groups excluding carboxylic acids is 1. The molecule has 1 rings (SSSR count). The van der Waals surface area contributed by atoms with Crippen molar-refractivity contribution in [1.29, 1.82) is 5.26 Å². The fraction of sp³-hybridized carbons (Fsp3) is 0.429. The molecule has 0 fully saturated rings. The van der Waals surface area contributed by atoms with Crippen LogP contribution in [0.5, 0.6) is 0 Å². The average molecular weight is 263 g/mol. The number of hydrogen-bond donors (Lipinski definition) is 0. The lowest BCUT2D eigenvalue weighted by Crippen LogP contribution is -2.19. The van der Waals surface area contributed by atoms with Crippen molar-refractivity contribution in [3.63, 3.8) is 0 Å². The van der Waals surface area contributed by atoms with E-state index in [1.54, 1.807) is 23.9 Å². The Bertz CT molecular complexity index is 422. The molecule has 0 radical (unpaired) electrons. The number of thioether (sulfide) groups is 1. The lowest BCUT2D eigenvalue weighted by atomic mass is 10.2. The highest BCUT2D eigenvalue weighted by atomic mass is 32.2. The molecule has 0 amide bonds. The predicted octanol–water partition coefficient (Wildman–Crippen LogP) is 3.13. The van der Waals surface area contributed by atoms with Crippen molar-refractivity contribution in [3.05, 3.63) is 35.4 Å². The summed E-state index contributed by atoms with van der Waals surface area (Å²) in [5.74, 6) is 0.613. The number of ether oxygens (including phenoxy) is 1. The van der Waals surface area contributed by atoms with Gasteiger partial charge in [0.15, 0.2) is 0 Å². The summed E-state index contributed by atoms with van der Waals surface area (Å²) >= 11 is 1.58. The molecular formula is C14H17NO2S. The molecule has 0 aromatic heterocycles. The second-order valence-electron chi connectivity index (χ2n) is 3.77. The van der Waals surface area contributed by atoms with Crippen LogP contribution in [0.1, 0.15) is 31.4 Å². The molecule has 4 heteroatoms. The Kier molecular flexibility index (Phi) is 6.31. The van der Waals surface area contributed by atoms with E-state index in [0.29, 0.717) is 12.2 Å². The van der Waals surface area contributed by atoms with E-state index >= 15 is 0 Å². The maximum Gasteiger partial charge on any atom is 0.319 e. The molecule has 1 atom stereocenters. The summed E-state index contributed by atoms with van der Waals surface area (Å²) in [6.45, 7) is 4.22. The molecule has 0 aliphatic rings. The van der Waals surface area contributed by atoms with Crippen molar-refractivity contribution in [2.75, 3.05) is 6.61 Å². The van der Waals surface area contributed by atoms with Crippen LogP contribution in [0.2, 0.25) is 0 Å². The molecule has 0 heterocycles. The van der Waals surface area contributed by atoms with Gasteiger partial charge in [0.1, 0.15) is 5.25 Å². The van der Waals surface area contributed by atoms with E-state index < -0.39 is 0 Å². The molecule has 3 nitrogen and oxygen atoms in total. The molecule has 0 saturated carbocycles. The Balaban J connectivity index is 2.52. The summed E-state index contributed by atoms with van der Waals surface area (Å²) in [7, 11) is 0. The second kappa shape index (κ2) is 7.78. The number of carbonyl (C=O) groups is 1.